The van der Waals surface area contributed by atoms with Crippen molar-refractivity contribution in [1.29, 1.82) is 0 Å². The molecular weight excluding hydrogens is 256 g/mol. The normalized spacial score (nSPS) is 17.9. The highest BCUT2D eigenvalue weighted by atomic mass is 16.5. The largest absolute Gasteiger partial charge is 0.377 e. The van der Waals surface area contributed by atoms with Crippen LogP contribution in [0.1, 0.15) is 20.8 Å². The first-order chi connectivity index (χ1) is 9.44. The molecule has 0 atom stereocenters. The molecule has 1 aromatic rings. The zero-order chi connectivity index (χ0) is 14.8. The Morgan fingerprint density at radius 2 is 2.05 bits per heavy atom. The molecule has 2 heterocycles. The third-order valence-corrected chi connectivity index (χ3v) is 3.23. The minimum Gasteiger partial charge on any atom is -0.377 e. The van der Waals surface area contributed by atoms with Gasteiger partial charge in [-0.15, -0.1) is 0 Å². The lowest BCUT2D eigenvalue weighted by Gasteiger charge is -2.42. The number of nitrogens with one attached hydrogen (secondary N) is 1. The van der Waals surface area contributed by atoms with Gasteiger partial charge in [-0.25, -0.2) is 0 Å². The summed E-state index contributed by atoms with van der Waals surface area (Å²) in [6.07, 6.45) is 0. The van der Waals surface area contributed by atoms with E-state index < -0.39 is 0 Å². The van der Waals surface area contributed by atoms with Gasteiger partial charge in [-0.05, 0) is 20.8 Å². The van der Waals surface area contributed by atoms with Crippen LogP contribution in [0, 0.1) is 0 Å². The van der Waals surface area contributed by atoms with E-state index in [0.29, 0.717) is 31.1 Å². The third-order valence-electron chi connectivity index (χ3n) is 3.23. The number of hydrogen-bond acceptors (Lipinski definition) is 7. The van der Waals surface area contributed by atoms with E-state index in [4.69, 9.17) is 4.74 Å². The molecule has 1 aliphatic heterocycles. The minimum atomic E-state index is -0.118. The summed E-state index contributed by atoms with van der Waals surface area (Å²) in [5.41, 5.74) is -0.118. The first-order valence-electron chi connectivity index (χ1n) is 6.96. The van der Waals surface area contributed by atoms with Gasteiger partial charge in [0.1, 0.15) is 0 Å². The number of hydrogen-bond donors (Lipinski definition) is 1. The average molecular weight is 280 g/mol. The van der Waals surface area contributed by atoms with Crippen LogP contribution in [0.4, 0.5) is 17.8 Å². The van der Waals surface area contributed by atoms with Gasteiger partial charge in [0, 0.05) is 27.2 Å². The first kappa shape index (κ1) is 14.8. The van der Waals surface area contributed by atoms with Crippen molar-refractivity contribution >= 4 is 17.8 Å². The van der Waals surface area contributed by atoms with Crippen molar-refractivity contribution in [2.75, 3.05) is 55.5 Å². The second-order valence-electron chi connectivity index (χ2n) is 5.70. The van der Waals surface area contributed by atoms with Crippen LogP contribution < -0.4 is 15.1 Å². The maximum Gasteiger partial charge on any atom is 0.232 e. The van der Waals surface area contributed by atoms with Crippen molar-refractivity contribution < 1.29 is 4.74 Å². The Kier molecular flexibility index (Phi) is 4.27. The van der Waals surface area contributed by atoms with Crippen molar-refractivity contribution in [3.05, 3.63) is 0 Å². The Hall–Kier alpha value is -1.63. The van der Waals surface area contributed by atoms with Crippen LogP contribution in [0.5, 0.6) is 0 Å². The van der Waals surface area contributed by atoms with Gasteiger partial charge >= 0.3 is 0 Å². The molecule has 7 heteroatoms. The van der Waals surface area contributed by atoms with E-state index in [1.165, 1.54) is 0 Å². The van der Waals surface area contributed by atoms with Crippen LogP contribution in [0.2, 0.25) is 0 Å². The van der Waals surface area contributed by atoms with Crippen LogP contribution in [-0.4, -0.2) is 60.9 Å². The molecule has 0 aromatic carbocycles. The van der Waals surface area contributed by atoms with Crippen molar-refractivity contribution in [3.63, 3.8) is 0 Å². The van der Waals surface area contributed by atoms with E-state index in [0.717, 1.165) is 13.1 Å². The van der Waals surface area contributed by atoms with Gasteiger partial charge in [0.25, 0.3) is 0 Å². The summed E-state index contributed by atoms with van der Waals surface area (Å²) in [6.45, 7) is 9.24. The topological polar surface area (TPSA) is 66.4 Å². The zero-order valence-electron chi connectivity index (χ0n) is 13.0. The number of ether oxygens (including phenoxy) is 1. The first-order valence-corrected chi connectivity index (χ1v) is 6.96. The molecule has 0 bridgehead atoms. The Morgan fingerprint density at radius 1 is 1.30 bits per heavy atom. The Balaban J connectivity index is 2.38. The van der Waals surface area contributed by atoms with E-state index in [1.54, 1.807) is 0 Å². The highest BCUT2D eigenvalue weighted by Gasteiger charge is 2.33. The van der Waals surface area contributed by atoms with Crippen molar-refractivity contribution in [2.45, 2.75) is 26.3 Å². The van der Waals surface area contributed by atoms with Gasteiger partial charge in [-0.3, -0.25) is 0 Å². The standard InChI is InChI=1S/C13H24N6O/c1-6-14-10-15-11(18(4)5)17-12(16-10)19-7-8-20-9-13(19,2)3/h6-9H2,1-5H3,(H,14,15,16,17). The Morgan fingerprint density at radius 3 is 2.65 bits per heavy atom. The van der Waals surface area contributed by atoms with E-state index in [-0.39, 0.29) is 5.54 Å². The van der Waals surface area contributed by atoms with E-state index in [1.807, 2.05) is 25.9 Å². The van der Waals surface area contributed by atoms with Gasteiger partial charge in [-0.1, -0.05) is 0 Å². The zero-order valence-corrected chi connectivity index (χ0v) is 13.0. The van der Waals surface area contributed by atoms with Gasteiger partial charge < -0.3 is 19.9 Å². The Bertz CT molecular complexity index is 462. The number of anilines is 3. The summed E-state index contributed by atoms with van der Waals surface area (Å²) in [5, 5.41) is 3.16. The van der Waals surface area contributed by atoms with Gasteiger partial charge in [0.15, 0.2) is 0 Å². The van der Waals surface area contributed by atoms with Crippen LogP contribution in [0.25, 0.3) is 0 Å². The second-order valence-corrected chi connectivity index (χ2v) is 5.70. The van der Waals surface area contributed by atoms with Gasteiger partial charge in [0.2, 0.25) is 17.8 Å². The number of aromatic nitrogens is 3. The molecule has 2 rings (SSSR count). The molecule has 1 fully saturated rings. The molecule has 1 aliphatic rings. The fourth-order valence-electron chi connectivity index (χ4n) is 2.14. The van der Waals surface area contributed by atoms with E-state index >= 15 is 0 Å². The molecule has 1 saturated heterocycles. The maximum atomic E-state index is 5.55. The highest BCUT2D eigenvalue weighted by molar-refractivity contribution is 5.46. The molecule has 7 nitrogen and oxygen atoms in total. The predicted octanol–water partition coefficient (Wildman–Crippen LogP) is 0.985. The summed E-state index contributed by atoms with van der Waals surface area (Å²) in [4.78, 5) is 17.6. The average Bonchev–Trinajstić information content (AvgIpc) is 2.38. The number of nitrogens with zero attached hydrogens (tertiary/aromatic N) is 5. The third kappa shape index (κ3) is 3.09. The molecule has 0 saturated carbocycles. The number of morpholine rings is 1. The predicted molar refractivity (Wildman–Crippen MR) is 80.6 cm³/mol. The molecule has 0 aliphatic carbocycles. The molecule has 0 spiro atoms. The molecule has 1 N–H and O–H groups in total. The SMILES string of the molecule is CCNc1nc(N(C)C)nc(N2CCOCC2(C)C)n1. The monoisotopic (exact) mass is 280 g/mol. The lowest BCUT2D eigenvalue weighted by Crippen LogP contribution is -2.54. The van der Waals surface area contributed by atoms with Gasteiger partial charge in [-0.2, -0.15) is 15.0 Å². The van der Waals surface area contributed by atoms with Crippen molar-refractivity contribution in [3.8, 4) is 0 Å². The van der Waals surface area contributed by atoms with Crippen LogP contribution in [-0.2, 0) is 4.74 Å². The Labute approximate surface area is 120 Å². The van der Waals surface area contributed by atoms with E-state index in [2.05, 4.69) is 39.0 Å². The van der Waals surface area contributed by atoms with E-state index in [9.17, 15) is 0 Å². The maximum absolute atomic E-state index is 5.55. The molecule has 1 aromatic heterocycles. The van der Waals surface area contributed by atoms with Crippen molar-refractivity contribution in [2.24, 2.45) is 0 Å². The molecule has 0 radical (unpaired) electrons. The summed E-state index contributed by atoms with van der Waals surface area (Å²) in [5.74, 6) is 1.98. The molecule has 20 heavy (non-hydrogen) atoms. The highest BCUT2D eigenvalue weighted by Crippen LogP contribution is 2.25. The lowest BCUT2D eigenvalue weighted by atomic mass is 10.0. The molecule has 112 valence electrons. The minimum absolute atomic E-state index is 0.118. The van der Waals surface area contributed by atoms with Crippen LogP contribution in [0.3, 0.4) is 0 Å². The second kappa shape index (κ2) is 5.78. The summed E-state index contributed by atoms with van der Waals surface area (Å²) >= 11 is 0. The lowest BCUT2D eigenvalue weighted by molar-refractivity contribution is 0.0634. The molecule has 0 amide bonds. The van der Waals surface area contributed by atoms with Gasteiger partial charge in [0.05, 0.1) is 18.8 Å². The summed E-state index contributed by atoms with van der Waals surface area (Å²) in [7, 11) is 3.86. The quantitative estimate of drug-likeness (QED) is 0.882. The molecular formula is C13H24N6O. The number of rotatable bonds is 4. The van der Waals surface area contributed by atoms with Crippen molar-refractivity contribution in [1.82, 2.24) is 15.0 Å². The van der Waals surface area contributed by atoms with Crippen LogP contribution in [0.15, 0.2) is 0 Å². The summed E-state index contributed by atoms with van der Waals surface area (Å²) < 4.78 is 5.55. The fourth-order valence-corrected chi connectivity index (χ4v) is 2.14. The smallest absolute Gasteiger partial charge is 0.232 e. The summed E-state index contributed by atoms with van der Waals surface area (Å²) in [6, 6.07) is 0. The van der Waals surface area contributed by atoms with Crippen LogP contribution >= 0.6 is 0 Å². The molecule has 0 unspecified atom stereocenters. The fraction of sp³-hybridized carbons (Fsp3) is 0.769.